The van der Waals surface area contributed by atoms with Crippen LogP contribution in [0.15, 0.2) is 24.3 Å². The van der Waals surface area contributed by atoms with Crippen LogP contribution in [0.25, 0.3) is 0 Å². The smallest absolute Gasteiger partial charge is 0.231 e. The highest BCUT2D eigenvalue weighted by Gasteiger charge is 2.43. The Morgan fingerprint density at radius 3 is 2.70 bits per heavy atom. The molecule has 3 aliphatic heterocycles. The Morgan fingerprint density at radius 1 is 1.04 bits per heavy atom. The molecule has 0 radical (unpaired) electrons. The number of phenols is 1. The van der Waals surface area contributed by atoms with E-state index in [0.29, 0.717) is 23.9 Å². The Balaban J connectivity index is 1.61. The Labute approximate surface area is 132 Å². The van der Waals surface area contributed by atoms with Gasteiger partial charge in [-0.25, -0.2) is 0 Å². The first kappa shape index (κ1) is 12.8. The summed E-state index contributed by atoms with van der Waals surface area (Å²) in [6.07, 6.45) is -0.175. The maximum atomic E-state index is 9.91. The summed E-state index contributed by atoms with van der Waals surface area (Å²) in [5.74, 6) is 3.24. The van der Waals surface area contributed by atoms with Gasteiger partial charge in [0.15, 0.2) is 23.0 Å². The topological polar surface area (TPSA) is 66.4 Å². The molecule has 3 aliphatic rings. The molecule has 0 saturated heterocycles. The third-order valence-electron chi connectivity index (χ3n) is 4.56. The van der Waals surface area contributed by atoms with Crippen LogP contribution >= 0.6 is 0 Å². The fraction of sp³-hybridized carbons (Fsp3) is 0.294. The van der Waals surface area contributed by atoms with Gasteiger partial charge in [-0.15, -0.1) is 0 Å². The second-order valence-corrected chi connectivity index (χ2v) is 5.74. The van der Waals surface area contributed by atoms with Crippen molar-refractivity contribution in [1.29, 1.82) is 0 Å². The molecule has 0 spiro atoms. The zero-order chi connectivity index (χ0) is 15.6. The molecule has 6 heteroatoms. The van der Waals surface area contributed by atoms with Crippen LogP contribution in [0.1, 0.15) is 23.1 Å². The van der Waals surface area contributed by atoms with Gasteiger partial charge >= 0.3 is 0 Å². The highest BCUT2D eigenvalue weighted by molar-refractivity contribution is 5.61. The molecule has 5 rings (SSSR count). The van der Waals surface area contributed by atoms with E-state index >= 15 is 0 Å². The normalized spacial score (nSPS) is 22.5. The molecule has 0 saturated carbocycles. The Hall–Kier alpha value is -2.76. The third-order valence-corrected chi connectivity index (χ3v) is 4.56. The molecule has 2 aromatic rings. The summed E-state index contributed by atoms with van der Waals surface area (Å²) >= 11 is 0. The average molecular weight is 314 g/mol. The van der Waals surface area contributed by atoms with E-state index < -0.39 is 0 Å². The van der Waals surface area contributed by atoms with Crippen molar-refractivity contribution < 1.29 is 28.8 Å². The zero-order valence-electron chi connectivity index (χ0n) is 12.4. The van der Waals surface area contributed by atoms with E-state index in [4.69, 9.17) is 23.7 Å². The maximum Gasteiger partial charge on any atom is 0.231 e. The first-order chi connectivity index (χ1) is 11.3. The van der Waals surface area contributed by atoms with Gasteiger partial charge in [0.25, 0.3) is 0 Å². The minimum atomic E-state index is -0.175. The van der Waals surface area contributed by atoms with Gasteiger partial charge in [0.05, 0.1) is 19.6 Å². The minimum Gasteiger partial charge on any atom is -0.504 e. The quantitative estimate of drug-likeness (QED) is 0.873. The summed E-state index contributed by atoms with van der Waals surface area (Å²) < 4.78 is 28.2. The number of phenolic OH excluding ortho intramolecular Hbond substituents is 1. The van der Waals surface area contributed by atoms with Crippen molar-refractivity contribution in [3.05, 3.63) is 35.4 Å². The van der Waals surface area contributed by atoms with Crippen molar-refractivity contribution in [2.24, 2.45) is 0 Å². The first-order valence-corrected chi connectivity index (χ1v) is 7.39. The lowest BCUT2D eigenvalue weighted by molar-refractivity contribution is 0.134. The monoisotopic (exact) mass is 314 g/mol. The molecule has 2 atom stereocenters. The SMILES string of the molecule is COc1c(O)ccc2c1OCC1c3cc4c(cc3OC21)OCO4. The summed E-state index contributed by atoms with van der Waals surface area (Å²) in [4.78, 5) is 0. The molecule has 118 valence electrons. The van der Waals surface area contributed by atoms with Gasteiger partial charge in [0.1, 0.15) is 11.9 Å². The molecule has 23 heavy (non-hydrogen) atoms. The van der Waals surface area contributed by atoms with Gasteiger partial charge in [-0.1, -0.05) is 0 Å². The van der Waals surface area contributed by atoms with Crippen LogP contribution in [0.5, 0.6) is 34.5 Å². The number of fused-ring (bicyclic) bond motifs is 6. The predicted molar refractivity (Wildman–Crippen MR) is 78.8 cm³/mol. The van der Waals surface area contributed by atoms with Gasteiger partial charge in [-0.3, -0.25) is 0 Å². The van der Waals surface area contributed by atoms with E-state index in [1.807, 2.05) is 18.2 Å². The molecule has 0 bridgehead atoms. The second-order valence-electron chi connectivity index (χ2n) is 5.74. The summed E-state index contributed by atoms with van der Waals surface area (Å²) in [6.45, 7) is 0.687. The first-order valence-electron chi connectivity index (χ1n) is 7.39. The average Bonchev–Trinajstić information content (AvgIpc) is 3.15. The van der Waals surface area contributed by atoms with E-state index in [9.17, 15) is 5.11 Å². The van der Waals surface area contributed by atoms with Gasteiger partial charge in [-0.2, -0.15) is 0 Å². The largest absolute Gasteiger partial charge is 0.504 e. The summed E-state index contributed by atoms with van der Waals surface area (Å²) in [5, 5.41) is 9.91. The number of methoxy groups -OCH3 is 1. The maximum absolute atomic E-state index is 9.91. The third kappa shape index (κ3) is 1.63. The van der Waals surface area contributed by atoms with Crippen LogP contribution in [0.4, 0.5) is 0 Å². The van der Waals surface area contributed by atoms with E-state index in [2.05, 4.69) is 0 Å². The Morgan fingerprint density at radius 2 is 1.87 bits per heavy atom. The molecule has 0 fully saturated rings. The summed E-state index contributed by atoms with van der Waals surface area (Å²) in [6, 6.07) is 7.25. The van der Waals surface area contributed by atoms with Crippen molar-refractivity contribution in [2.45, 2.75) is 12.0 Å². The molecule has 0 aromatic heterocycles. The Kier molecular flexibility index (Phi) is 2.43. The van der Waals surface area contributed by atoms with Gasteiger partial charge in [-0.05, 0) is 18.2 Å². The lowest BCUT2D eigenvalue weighted by Gasteiger charge is -2.29. The number of ether oxygens (including phenoxy) is 5. The van der Waals surface area contributed by atoms with E-state index in [-0.39, 0.29) is 24.6 Å². The minimum absolute atomic E-state index is 0.0565. The van der Waals surface area contributed by atoms with Gasteiger partial charge in [0, 0.05) is 17.2 Å². The van der Waals surface area contributed by atoms with Crippen LogP contribution < -0.4 is 23.7 Å². The molecule has 6 nitrogen and oxygen atoms in total. The van der Waals surface area contributed by atoms with Crippen LogP contribution in [0, 0.1) is 0 Å². The van der Waals surface area contributed by atoms with E-state index in [1.165, 1.54) is 7.11 Å². The fourth-order valence-electron chi connectivity index (χ4n) is 3.48. The Bertz CT molecular complexity index is 815. The molecular weight excluding hydrogens is 300 g/mol. The standard InChI is InChI=1S/C17H14O6/c1-19-17-11(18)3-2-8-15-10(6-20-16(8)17)9-4-13-14(22-7-21-13)5-12(9)23-15/h2-5,10,15,18H,6-7H2,1H3. The van der Waals surface area contributed by atoms with E-state index in [1.54, 1.807) is 6.07 Å². The summed E-state index contributed by atoms with van der Waals surface area (Å²) in [7, 11) is 1.51. The second kappa shape index (κ2) is 4.38. The van der Waals surface area contributed by atoms with Gasteiger partial charge < -0.3 is 28.8 Å². The van der Waals surface area contributed by atoms with Crippen molar-refractivity contribution >= 4 is 0 Å². The van der Waals surface area contributed by atoms with Crippen molar-refractivity contribution in [1.82, 2.24) is 0 Å². The number of hydrogen-bond acceptors (Lipinski definition) is 6. The van der Waals surface area contributed by atoms with Gasteiger partial charge in [0.2, 0.25) is 12.5 Å². The molecule has 3 heterocycles. The van der Waals surface area contributed by atoms with Crippen molar-refractivity contribution in [3.8, 4) is 34.5 Å². The van der Waals surface area contributed by atoms with Crippen LogP contribution in [0.3, 0.4) is 0 Å². The molecule has 2 unspecified atom stereocenters. The predicted octanol–water partition coefficient (Wildman–Crippen LogP) is 2.74. The lowest BCUT2D eigenvalue weighted by atomic mass is 9.89. The fourth-order valence-corrected chi connectivity index (χ4v) is 3.48. The van der Waals surface area contributed by atoms with Crippen LogP contribution in [-0.4, -0.2) is 25.6 Å². The molecular formula is C17H14O6. The summed E-state index contributed by atoms with van der Waals surface area (Å²) in [5.41, 5.74) is 1.92. The van der Waals surface area contributed by atoms with Crippen molar-refractivity contribution in [2.75, 3.05) is 20.5 Å². The highest BCUT2D eigenvalue weighted by atomic mass is 16.7. The lowest BCUT2D eigenvalue weighted by Crippen LogP contribution is -2.23. The number of aromatic hydroxyl groups is 1. The van der Waals surface area contributed by atoms with Crippen LogP contribution in [0.2, 0.25) is 0 Å². The zero-order valence-corrected chi connectivity index (χ0v) is 12.4. The molecule has 2 aromatic carbocycles. The highest BCUT2D eigenvalue weighted by Crippen LogP contribution is 2.56. The van der Waals surface area contributed by atoms with Crippen LogP contribution in [-0.2, 0) is 0 Å². The number of benzene rings is 2. The van der Waals surface area contributed by atoms with E-state index in [0.717, 1.165) is 22.6 Å². The molecule has 0 amide bonds. The number of rotatable bonds is 1. The molecule has 0 aliphatic carbocycles. The molecule has 1 N–H and O–H groups in total. The van der Waals surface area contributed by atoms with Crippen molar-refractivity contribution in [3.63, 3.8) is 0 Å². The number of hydrogen-bond donors (Lipinski definition) is 1.